The highest BCUT2D eigenvalue weighted by Crippen LogP contribution is 2.29. The van der Waals surface area contributed by atoms with Gasteiger partial charge in [0.1, 0.15) is 12.6 Å². The van der Waals surface area contributed by atoms with Gasteiger partial charge in [0.15, 0.2) is 5.89 Å². The fourth-order valence-corrected chi connectivity index (χ4v) is 3.76. The van der Waals surface area contributed by atoms with E-state index in [0.717, 1.165) is 5.56 Å². The summed E-state index contributed by atoms with van der Waals surface area (Å²) < 4.78 is 10.4. The van der Waals surface area contributed by atoms with Crippen molar-refractivity contribution in [3.8, 4) is 0 Å². The van der Waals surface area contributed by atoms with Gasteiger partial charge in [-0.1, -0.05) is 30.3 Å². The molecule has 0 radical (unpaired) electrons. The largest absolute Gasteiger partial charge is 0.481 e. The van der Waals surface area contributed by atoms with Gasteiger partial charge in [-0.3, -0.25) is 14.4 Å². The summed E-state index contributed by atoms with van der Waals surface area (Å²) in [5.74, 6) is -2.32. The molecule has 1 heterocycles. The lowest BCUT2D eigenvalue weighted by Gasteiger charge is -2.19. The minimum absolute atomic E-state index is 0.0311. The number of amides is 3. The number of carbonyl (C=O) groups is 4. The zero-order valence-corrected chi connectivity index (χ0v) is 21.2. The summed E-state index contributed by atoms with van der Waals surface area (Å²) in [6, 6.07) is 9.10. The monoisotopic (exact) mass is 539 g/mol. The van der Waals surface area contributed by atoms with E-state index in [0.29, 0.717) is 5.56 Å². The summed E-state index contributed by atoms with van der Waals surface area (Å²) in [6.07, 6.45) is -0.973. The zero-order chi connectivity index (χ0) is 28.5. The van der Waals surface area contributed by atoms with Crippen LogP contribution in [0.15, 0.2) is 45.6 Å². The lowest BCUT2D eigenvalue weighted by atomic mass is 10.1. The van der Waals surface area contributed by atoms with Gasteiger partial charge in [0, 0.05) is 19.3 Å². The summed E-state index contributed by atoms with van der Waals surface area (Å²) in [7, 11) is 0. The molecule has 13 nitrogen and oxygen atoms in total. The normalized spacial score (nSPS) is 11.5. The SMILES string of the molecule is Cc1c(N)c(NC(=O)[C@H](CCC(N)=O)NC(=O)OCc2ccccc2)cc2nc(CCCC(=O)O)oc(=O)c12. The van der Waals surface area contributed by atoms with E-state index in [4.69, 9.17) is 25.7 Å². The molecule has 0 saturated carbocycles. The molecule has 39 heavy (non-hydrogen) atoms. The number of ether oxygens (including phenoxy) is 1. The summed E-state index contributed by atoms with van der Waals surface area (Å²) in [5.41, 5.74) is 12.1. The standard InChI is InChI=1S/C26H29N5O8/c1-14-22-17(29-20(39-25(22)36)8-5-9-21(33)34)12-18(23(14)28)30-24(35)16(10-11-19(27)32)31-26(37)38-13-15-6-3-2-4-7-15/h2-4,6-7,12,16H,5,8-11,13,28H2,1H3,(H2,27,32)(H,30,35)(H,31,37)(H,33,34)/t16-/m0/s1. The van der Waals surface area contributed by atoms with Gasteiger partial charge < -0.3 is 36.4 Å². The molecule has 0 bridgehead atoms. The number of aliphatic carboxylic acids is 1. The van der Waals surface area contributed by atoms with E-state index in [1.54, 1.807) is 31.2 Å². The molecule has 206 valence electrons. The van der Waals surface area contributed by atoms with Gasteiger partial charge in [-0.05, 0) is 37.0 Å². The molecule has 3 aromatic rings. The van der Waals surface area contributed by atoms with Crippen LogP contribution >= 0.6 is 0 Å². The minimum atomic E-state index is -1.20. The molecule has 7 N–H and O–H groups in total. The number of nitrogens with zero attached hydrogens (tertiary/aromatic N) is 1. The van der Waals surface area contributed by atoms with Crippen LogP contribution in [-0.4, -0.2) is 40.0 Å². The van der Waals surface area contributed by atoms with Crippen LogP contribution in [0.1, 0.15) is 42.7 Å². The molecular formula is C26H29N5O8. The number of nitrogen functional groups attached to an aromatic ring is 1. The van der Waals surface area contributed by atoms with Gasteiger partial charge in [0.05, 0.1) is 22.3 Å². The molecule has 0 saturated heterocycles. The number of rotatable bonds is 12. The minimum Gasteiger partial charge on any atom is -0.481 e. The van der Waals surface area contributed by atoms with Crippen molar-refractivity contribution >= 4 is 46.2 Å². The van der Waals surface area contributed by atoms with Crippen LogP contribution in [0.5, 0.6) is 0 Å². The van der Waals surface area contributed by atoms with Gasteiger partial charge in [0.25, 0.3) is 0 Å². The average Bonchev–Trinajstić information content (AvgIpc) is 2.88. The highest BCUT2D eigenvalue weighted by molar-refractivity contribution is 6.02. The number of aryl methyl sites for hydroxylation is 2. The van der Waals surface area contributed by atoms with Crippen molar-refractivity contribution in [3.63, 3.8) is 0 Å². The molecule has 0 aliphatic rings. The Morgan fingerprint density at radius 1 is 1.15 bits per heavy atom. The predicted molar refractivity (Wildman–Crippen MR) is 141 cm³/mol. The van der Waals surface area contributed by atoms with Gasteiger partial charge in [0.2, 0.25) is 11.8 Å². The third kappa shape index (κ3) is 8.02. The Balaban J connectivity index is 1.80. The Bertz CT molecular complexity index is 1440. The molecule has 3 amide bonds. The third-order valence-electron chi connectivity index (χ3n) is 5.81. The average molecular weight is 540 g/mol. The number of primary amides is 1. The highest BCUT2D eigenvalue weighted by Gasteiger charge is 2.24. The number of nitrogens with one attached hydrogen (secondary N) is 2. The van der Waals surface area contributed by atoms with Crippen molar-refractivity contribution in [2.75, 3.05) is 11.1 Å². The molecule has 3 rings (SSSR count). The maximum Gasteiger partial charge on any atom is 0.408 e. The Morgan fingerprint density at radius 3 is 2.54 bits per heavy atom. The Kier molecular flexibility index (Phi) is 9.57. The van der Waals surface area contributed by atoms with Crippen molar-refractivity contribution in [1.82, 2.24) is 10.3 Å². The second-order valence-corrected chi connectivity index (χ2v) is 8.75. The predicted octanol–water partition coefficient (Wildman–Crippen LogP) is 1.98. The van der Waals surface area contributed by atoms with Crippen LogP contribution in [-0.2, 0) is 32.1 Å². The smallest absolute Gasteiger partial charge is 0.408 e. The van der Waals surface area contributed by atoms with Gasteiger partial charge in [-0.2, -0.15) is 0 Å². The van der Waals surface area contributed by atoms with E-state index < -0.39 is 35.5 Å². The van der Waals surface area contributed by atoms with Gasteiger partial charge in [-0.25, -0.2) is 14.6 Å². The fourth-order valence-electron chi connectivity index (χ4n) is 3.76. The number of alkyl carbamates (subject to hydrolysis) is 1. The lowest BCUT2D eigenvalue weighted by Crippen LogP contribution is -2.44. The molecule has 0 fully saturated rings. The molecule has 2 aromatic carbocycles. The summed E-state index contributed by atoms with van der Waals surface area (Å²) in [6.45, 7) is 1.52. The first-order chi connectivity index (χ1) is 18.5. The van der Waals surface area contributed by atoms with Crippen LogP contribution < -0.4 is 27.7 Å². The quantitative estimate of drug-likeness (QED) is 0.211. The van der Waals surface area contributed by atoms with Gasteiger partial charge >= 0.3 is 17.7 Å². The molecule has 1 atom stereocenters. The molecular weight excluding hydrogens is 510 g/mol. The Morgan fingerprint density at radius 2 is 1.87 bits per heavy atom. The van der Waals surface area contributed by atoms with E-state index in [2.05, 4.69) is 15.6 Å². The summed E-state index contributed by atoms with van der Waals surface area (Å²) in [5, 5.41) is 14.0. The van der Waals surface area contributed by atoms with Crippen LogP contribution in [0.2, 0.25) is 0 Å². The van der Waals surface area contributed by atoms with E-state index in [9.17, 15) is 24.0 Å². The maximum atomic E-state index is 13.1. The summed E-state index contributed by atoms with van der Waals surface area (Å²) >= 11 is 0. The van der Waals surface area contributed by atoms with Crippen molar-refractivity contribution < 1.29 is 33.4 Å². The number of aromatic nitrogens is 1. The molecule has 0 aliphatic heterocycles. The maximum absolute atomic E-state index is 13.1. The molecule has 0 unspecified atom stereocenters. The van der Waals surface area contributed by atoms with Crippen molar-refractivity contribution in [3.05, 3.63) is 63.8 Å². The number of carboxylic acid groups (broad SMARTS) is 1. The van der Waals surface area contributed by atoms with Crippen LogP contribution in [0.3, 0.4) is 0 Å². The first kappa shape index (κ1) is 28.6. The highest BCUT2D eigenvalue weighted by atomic mass is 16.5. The topological polar surface area (TPSA) is 217 Å². The molecule has 1 aromatic heterocycles. The molecule has 0 aliphatic carbocycles. The first-order valence-electron chi connectivity index (χ1n) is 12.1. The molecule has 13 heteroatoms. The van der Waals surface area contributed by atoms with Crippen LogP contribution in [0, 0.1) is 6.92 Å². The second-order valence-electron chi connectivity index (χ2n) is 8.75. The number of hydrogen-bond donors (Lipinski definition) is 5. The van der Waals surface area contributed by atoms with E-state index in [1.165, 1.54) is 6.07 Å². The van der Waals surface area contributed by atoms with Crippen LogP contribution in [0.25, 0.3) is 10.9 Å². The summed E-state index contributed by atoms with van der Waals surface area (Å²) in [4.78, 5) is 64.5. The Labute approximate surface area is 222 Å². The third-order valence-corrected chi connectivity index (χ3v) is 5.81. The first-order valence-corrected chi connectivity index (χ1v) is 12.1. The fraction of sp³-hybridized carbons (Fsp3) is 0.308. The number of nitrogens with two attached hydrogens (primary N) is 2. The number of carboxylic acids is 1. The number of benzene rings is 2. The van der Waals surface area contributed by atoms with E-state index in [-0.39, 0.29) is 66.9 Å². The number of anilines is 2. The Hall–Kier alpha value is -4.94. The number of hydrogen-bond acceptors (Lipinski definition) is 9. The molecule has 0 spiro atoms. The zero-order valence-electron chi connectivity index (χ0n) is 21.2. The lowest BCUT2D eigenvalue weighted by molar-refractivity contribution is -0.137. The van der Waals surface area contributed by atoms with Crippen molar-refractivity contribution in [2.45, 2.75) is 51.7 Å². The van der Waals surface area contributed by atoms with Gasteiger partial charge in [-0.15, -0.1) is 0 Å². The van der Waals surface area contributed by atoms with Crippen LogP contribution in [0.4, 0.5) is 16.2 Å². The van der Waals surface area contributed by atoms with Crippen molar-refractivity contribution in [2.24, 2.45) is 5.73 Å². The number of fused-ring (bicyclic) bond motifs is 1. The van der Waals surface area contributed by atoms with E-state index in [1.807, 2.05) is 6.07 Å². The second kappa shape index (κ2) is 13.0. The number of carbonyl (C=O) groups excluding carboxylic acids is 3. The van der Waals surface area contributed by atoms with E-state index >= 15 is 0 Å². The van der Waals surface area contributed by atoms with Crippen molar-refractivity contribution in [1.29, 1.82) is 0 Å².